The Morgan fingerprint density at radius 1 is 0.951 bits per heavy atom. The number of carbonyl (C=O) groups is 1. The third-order valence-electron chi connectivity index (χ3n) is 7.39. The fourth-order valence-electron chi connectivity index (χ4n) is 5.27. The highest BCUT2D eigenvalue weighted by molar-refractivity contribution is 5.94. The summed E-state index contributed by atoms with van der Waals surface area (Å²) in [4.78, 5) is 16.9. The lowest BCUT2D eigenvalue weighted by Crippen LogP contribution is -2.48. The van der Waals surface area contributed by atoms with Crippen LogP contribution in [0.3, 0.4) is 0 Å². The van der Waals surface area contributed by atoms with Crippen molar-refractivity contribution < 1.29 is 24.5 Å². The van der Waals surface area contributed by atoms with Gasteiger partial charge in [0.25, 0.3) is 5.91 Å². The number of phenols is 2. The fourth-order valence-corrected chi connectivity index (χ4v) is 5.27. The maximum atomic E-state index is 15.4. The smallest absolute Gasteiger partial charge is 0.319 e. The van der Waals surface area contributed by atoms with Gasteiger partial charge in [-0.25, -0.2) is 8.96 Å². The number of hydrogen-bond donors (Lipinski definition) is 3. The molecule has 0 spiro atoms. The number of amides is 1. The van der Waals surface area contributed by atoms with Crippen LogP contribution < -0.4 is 0 Å². The number of aromatic hydroxyl groups is 3. The van der Waals surface area contributed by atoms with E-state index in [0.29, 0.717) is 49.4 Å². The van der Waals surface area contributed by atoms with Crippen LogP contribution in [-0.4, -0.2) is 72.0 Å². The minimum absolute atomic E-state index is 0.00915. The highest BCUT2D eigenvalue weighted by Crippen LogP contribution is 2.39. The van der Waals surface area contributed by atoms with E-state index in [1.165, 1.54) is 16.7 Å². The van der Waals surface area contributed by atoms with Gasteiger partial charge < -0.3 is 20.2 Å². The lowest BCUT2D eigenvalue weighted by atomic mass is 9.98. The molecule has 1 saturated heterocycles. The van der Waals surface area contributed by atoms with Crippen LogP contribution >= 0.6 is 0 Å². The molecule has 3 aromatic carbocycles. The molecule has 0 unspecified atom stereocenters. The summed E-state index contributed by atoms with van der Waals surface area (Å²) in [5, 5.41) is 39.0. The molecule has 1 amide bonds. The normalized spacial score (nSPS) is 14.1. The lowest BCUT2D eigenvalue weighted by Gasteiger charge is -2.35. The minimum Gasteiger partial charge on any atom is -0.508 e. The van der Waals surface area contributed by atoms with Crippen LogP contribution in [0.5, 0.6) is 17.5 Å². The Bertz CT molecular complexity index is 1590. The van der Waals surface area contributed by atoms with E-state index in [9.17, 15) is 20.1 Å². The quantitative estimate of drug-likeness (QED) is 0.315. The maximum absolute atomic E-state index is 15.4. The third-order valence-corrected chi connectivity index (χ3v) is 7.39. The van der Waals surface area contributed by atoms with Gasteiger partial charge >= 0.3 is 6.01 Å². The third kappa shape index (κ3) is 5.74. The van der Waals surface area contributed by atoms with E-state index in [1.54, 1.807) is 18.2 Å². The molecule has 9 nitrogen and oxygen atoms in total. The molecule has 0 saturated carbocycles. The summed E-state index contributed by atoms with van der Waals surface area (Å²) >= 11 is 0. The SMILES string of the molecule is Cc1[c]c(C)cc(C(=O)N2CCN(Cc3ccc(-n4c(O)nnc4-c4cc(C(C)C)c(O)cc4O)cc3F)CC2)c1. The van der Waals surface area contributed by atoms with Crippen LogP contribution in [0.25, 0.3) is 17.1 Å². The molecule has 1 fully saturated rings. The van der Waals surface area contributed by atoms with Gasteiger partial charge in [-0.15, -0.1) is 5.10 Å². The zero-order valence-electron chi connectivity index (χ0n) is 23.5. The molecule has 1 aliphatic rings. The number of aryl methyl sites for hydroxylation is 2. The Labute approximate surface area is 238 Å². The van der Waals surface area contributed by atoms with Gasteiger partial charge in [-0.3, -0.25) is 9.69 Å². The second-order valence-electron chi connectivity index (χ2n) is 10.8. The Hall–Kier alpha value is -4.44. The molecule has 4 aromatic rings. The number of carbonyl (C=O) groups excluding carboxylic acids is 1. The molecule has 5 rings (SSSR count). The van der Waals surface area contributed by atoms with E-state index >= 15 is 4.39 Å². The second kappa shape index (κ2) is 11.2. The summed E-state index contributed by atoms with van der Waals surface area (Å²) < 4.78 is 16.6. The van der Waals surface area contributed by atoms with Crippen molar-refractivity contribution in [1.82, 2.24) is 24.6 Å². The Balaban J connectivity index is 1.31. The molecule has 213 valence electrons. The van der Waals surface area contributed by atoms with E-state index in [4.69, 9.17) is 0 Å². The molecule has 0 bridgehead atoms. The van der Waals surface area contributed by atoms with E-state index in [1.807, 2.05) is 44.7 Å². The fraction of sp³-hybridized carbons (Fsp3) is 0.323. The number of benzene rings is 3. The van der Waals surface area contributed by atoms with Gasteiger partial charge in [-0.05, 0) is 72.9 Å². The molecule has 2 heterocycles. The number of phenolic OH excluding ortho intramolecular Hbond substituents is 2. The predicted octanol–water partition coefficient (Wildman–Crippen LogP) is 4.69. The molecule has 1 radical (unpaired) electrons. The summed E-state index contributed by atoms with van der Waals surface area (Å²) in [6, 6.07) is 13.8. The average Bonchev–Trinajstić information content (AvgIpc) is 3.30. The standard InChI is InChI=1S/C31H33FN5O4/c1-18(2)24-15-25(28(39)16-27(24)38)29-33-34-31(41)37(29)23-6-5-21(26(32)14-23)17-35-7-9-36(10-8-35)30(40)22-12-19(3)11-20(4)13-22/h5-6,12-16,18,38-39H,7-10,17H2,1-4H3,(H,34,41). The van der Waals surface area contributed by atoms with Crippen molar-refractivity contribution in [3.8, 4) is 34.6 Å². The molecule has 10 heteroatoms. The van der Waals surface area contributed by atoms with Gasteiger partial charge in [0.1, 0.15) is 17.3 Å². The molecular weight excluding hydrogens is 525 g/mol. The Kier molecular flexibility index (Phi) is 7.68. The maximum Gasteiger partial charge on any atom is 0.319 e. The summed E-state index contributed by atoms with van der Waals surface area (Å²) in [6.07, 6.45) is 0. The highest BCUT2D eigenvalue weighted by Gasteiger charge is 2.24. The van der Waals surface area contributed by atoms with Gasteiger partial charge in [0, 0.05) is 49.9 Å². The Morgan fingerprint density at radius 3 is 2.27 bits per heavy atom. The van der Waals surface area contributed by atoms with Crippen molar-refractivity contribution in [3.63, 3.8) is 0 Å². The molecule has 3 N–H and O–H groups in total. The van der Waals surface area contributed by atoms with Crippen molar-refractivity contribution in [2.24, 2.45) is 0 Å². The number of piperazine rings is 1. The molecule has 41 heavy (non-hydrogen) atoms. The van der Waals surface area contributed by atoms with Crippen LogP contribution in [-0.2, 0) is 6.54 Å². The highest BCUT2D eigenvalue weighted by atomic mass is 19.1. The van der Waals surface area contributed by atoms with Crippen LogP contribution in [0.15, 0.2) is 42.5 Å². The van der Waals surface area contributed by atoms with Crippen molar-refractivity contribution in [2.45, 2.75) is 40.2 Å². The first kappa shape index (κ1) is 28.1. The molecular formula is C31H33FN5O4. The topological polar surface area (TPSA) is 115 Å². The van der Waals surface area contributed by atoms with Crippen LogP contribution in [0.2, 0.25) is 0 Å². The van der Waals surface area contributed by atoms with E-state index in [2.05, 4.69) is 21.2 Å². The van der Waals surface area contributed by atoms with Crippen LogP contribution in [0.4, 0.5) is 4.39 Å². The number of rotatable bonds is 6. The monoisotopic (exact) mass is 558 g/mol. The first-order valence-electron chi connectivity index (χ1n) is 13.5. The number of halogens is 1. The number of hydrogen-bond acceptors (Lipinski definition) is 7. The van der Waals surface area contributed by atoms with Gasteiger partial charge in [0.2, 0.25) is 0 Å². The molecule has 1 aromatic heterocycles. The van der Waals surface area contributed by atoms with Gasteiger partial charge in [0.15, 0.2) is 5.82 Å². The average molecular weight is 559 g/mol. The van der Waals surface area contributed by atoms with E-state index < -0.39 is 11.8 Å². The Morgan fingerprint density at radius 2 is 1.63 bits per heavy atom. The van der Waals surface area contributed by atoms with Crippen molar-refractivity contribution in [1.29, 1.82) is 0 Å². The molecule has 0 atom stereocenters. The van der Waals surface area contributed by atoms with Crippen molar-refractivity contribution in [3.05, 3.63) is 82.2 Å². The summed E-state index contributed by atoms with van der Waals surface area (Å²) in [6.45, 7) is 10.3. The van der Waals surface area contributed by atoms with Crippen molar-refractivity contribution in [2.75, 3.05) is 26.2 Å². The summed E-state index contributed by atoms with van der Waals surface area (Å²) in [5.41, 5.74) is 4.10. The number of nitrogens with zero attached hydrogens (tertiary/aromatic N) is 5. The number of aromatic nitrogens is 3. The van der Waals surface area contributed by atoms with Crippen molar-refractivity contribution >= 4 is 5.91 Å². The minimum atomic E-state index is -0.468. The van der Waals surface area contributed by atoms with Gasteiger partial charge in [-0.2, -0.15) is 0 Å². The summed E-state index contributed by atoms with van der Waals surface area (Å²) in [5.74, 6) is -0.709. The lowest BCUT2D eigenvalue weighted by molar-refractivity contribution is 0.0627. The first-order chi connectivity index (χ1) is 19.5. The zero-order chi connectivity index (χ0) is 29.4. The van der Waals surface area contributed by atoms with E-state index in [-0.39, 0.29) is 40.4 Å². The molecule has 1 aliphatic heterocycles. The van der Waals surface area contributed by atoms with Gasteiger partial charge in [0.05, 0.1) is 11.3 Å². The van der Waals surface area contributed by atoms with Crippen LogP contribution in [0.1, 0.15) is 52.4 Å². The van der Waals surface area contributed by atoms with E-state index in [0.717, 1.165) is 11.1 Å². The molecule has 0 aliphatic carbocycles. The van der Waals surface area contributed by atoms with Crippen LogP contribution in [0, 0.1) is 25.7 Å². The summed E-state index contributed by atoms with van der Waals surface area (Å²) in [7, 11) is 0. The largest absolute Gasteiger partial charge is 0.508 e. The second-order valence-corrected chi connectivity index (χ2v) is 10.8. The first-order valence-corrected chi connectivity index (χ1v) is 13.5. The predicted molar refractivity (Wildman–Crippen MR) is 152 cm³/mol. The van der Waals surface area contributed by atoms with Gasteiger partial charge in [-0.1, -0.05) is 25.0 Å². The zero-order valence-corrected chi connectivity index (χ0v) is 23.5.